The summed E-state index contributed by atoms with van der Waals surface area (Å²) >= 11 is 0. The molecule has 1 aromatic carbocycles. The summed E-state index contributed by atoms with van der Waals surface area (Å²) in [7, 11) is 0. The molecule has 0 unspecified atom stereocenters. The van der Waals surface area contributed by atoms with Crippen molar-refractivity contribution in [1.82, 2.24) is 14.7 Å². The first kappa shape index (κ1) is 17.7. The fourth-order valence-electron chi connectivity index (χ4n) is 3.51. The number of carbonyl (C=O) groups is 1. The van der Waals surface area contributed by atoms with Crippen molar-refractivity contribution >= 4 is 5.91 Å². The molecule has 0 aliphatic carbocycles. The van der Waals surface area contributed by atoms with Crippen molar-refractivity contribution < 1.29 is 4.79 Å². The van der Waals surface area contributed by atoms with Crippen molar-refractivity contribution in [2.24, 2.45) is 11.7 Å². The monoisotopic (exact) mass is 340 g/mol. The van der Waals surface area contributed by atoms with Gasteiger partial charge in [0.2, 0.25) is 0 Å². The second-order valence-electron chi connectivity index (χ2n) is 7.32. The number of piperidine rings is 1. The SMILES string of the molecule is Cc1ccc(-n2ncc(C(=O)N3CCC(CN)CC3)c2C(C)C)cc1. The van der Waals surface area contributed by atoms with Crippen molar-refractivity contribution in [3.05, 3.63) is 47.3 Å². The number of benzene rings is 1. The van der Waals surface area contributed by atoms with Crippen molar-refractivity contribution in [1.29, 1.82) is 0 Å². The van der Waals surface area contributed by atoms with E-state index < -0.39 is 0 Å². The highest BCUT2D eigenvalue weighted by atomic mass is 16.2. The standard InChI is InChI=1S/C20H28N4O/c1-14(2)19-18(20(25)23-10-8-16(12-21)9-11-23)13-22-24(19)17-6-4-15(3)5-7-17/h4-7,13-14,16H,8-12,21H2,1-3H3. The molecule has 0 saturated carbocycles. The largest absolute Gasteiger partial charge is 0.339 e. The maximum absolute atomic E-state index is 13.1. The zero-order valence-corrected chi connectivity index (χ0v) is 15.4. The summed E-state index contributed by atoms with van der Waals surface area (Å²) in [4.78, 5) is 15.0. The lowest BCUT2D eigenvalue weighted by atomic mass is 9.96. The van der Waals surface area contributed by atoms with Gasteiger partial charge in [-0.1, -0.05) is 31.5 Å². The molecule has 1 amide bonds. The second kappa shape index (κ2) is 7.40. The van der Waals surface area contributed by atoms with E-state index in [0.29, 0.717) is 12.5 Å². The van der Waals surface area contributed by atoms with E-state index >= 15 is 0 Å². The van der Waals surface area contributed by atoms with E-state index in [1.54, 1.807) is 6.20 Å². The Morgan fingerprint density at radius 3 is 2.44 bits per heavy atom. The molecule has 1 aromatic heterocycles. The minimum absolute atomic E-state index is 0.0949. The van der Waals surface area contributed by atoms with E-state index in [1.807, 2.05) is 9.58 Å². The van der Waals surface area contributed by atoms with Gasteiger partial charge in [-0.05, 0) is 50.3 Å². The zero-order chi connectivity index (χ0) is 18.0. The lowest BCUT2D eigenvalue weighted by molar-refractivity contribution is 0.0692. The van der Waals surface area contributed by atoms with Crippen LogP contribution in [0.1, 0.15) is 54.2 Å². The average molecular weight is 340 g/mol. The van der Waals surface area contributed by atoms with Crippen LogP contribution in [0.5, 0.6) is 0 Å². The number of aromatic nitrogens is 2. The van der Waals surface area contributed by atoms with Crippen molar-refractivity contribution in [3.8, 4) is 5.69 Å². The molecule has 0 bridgehead atoms. The molecule has 0 atom stereocenters. The van der Waals surface area contributed by atoms with Gasteiger partial charge in [-0.3, -0.25) is 4.79 Å². The smallest absolute Gasteiger partial charge is 0.257 e. The van der Waals surface area contributed by atoms with Crippen LogP contribution in [0.15, 0.2) is 30.5 Å². The molecule has 3 rings (SSSR count). The van der Waals surface area contributed by atoms with E-state index in [2.05, 4.69) is 50.1 Å². The van der Waals surface area contributed by atoms with E-state index in [-0.39, 0.29) is 11.8 Å². The maximum atomic E-state index is 13.1. The molecule has 2 aromatic rings. The maximum Gasteiger partial charge on any atom is 0.257 e. The number of rotatable bonds is 4. The van der Waals surface area contributed by atoms with Crippen molar-refractivity contribution in [3.63, 3.8) is 0 Å². The number of aryl methyl sites for hydroxylation is 1. The molecular formula is C20H28N4O. The molecule has 0 spiro atoms. The van der Waals surface area contributed by atoms with Gasteiger partial charge in [-0.15, -0.1) is 0 Å². The van der Waals surface area contributed by atoms with Gasteiger partial charge in [0, 0.05) is 13.1 Å². The molecule has 1 saturated heterocycles. The highest BCUT2D eigenvalue weighted by Crippen LogP contribution is 2.26. The summed E-state index contributed by atoms with van der Waals surface area (Å²) in [6.07, 6.45) is 3.71. The van der Waals surface area contributed by atoms with Gasteiger partial charge in [0.25, 0.3) is 5.91 Å². The van der Waals surface area contributed by atoms with E-state index in [0.717, 1.165) is 42.9 Å². The molecule has 25 heavy (non-hydrogen) atoms. The van der Waals surface area contributed by atoms with Crippen LogP contribution < -0.4 is 5.73 Å². The Morgan fingerprint density at radius 1 is 1.24 bits per heavy atom. The van der Waals surface area contributed by atoms with E-state index in [1.165, 1.54) is 5.56 Å². The molecule has 5 heteroatoms. The third-order valence-electron chi connectivity index (χ3n) is 5.10. The van der Waals surface area contributed by atoms with Crippen LogP contribution in [-0.2, 0) is 0 Å². The summed E-state index contributed by atoms with van der Waals surface area (Å²) in [5, 5.41) is 4.53. The highest BCUT2D eigenvalue weighted by Gasteiger charge is 2.27. The number of carbonyl (C=O) groups excluding carboxylic acids is 1. The van der Waals surface area contributed by atoms with Crippen molar-refractivity contribution in [2.75, 3.05) is 19.6 Å². The summed E-state index contributed by atoms with van der Waals surface area (Å²) in [6, 6.07) is 8.24. The fraction of sp³-hybridized carbons (Fsp3) is 0.500. The number of hydrogen-bond acceptors (Lipinski definition) is 3. The molecule has 2 N–H and O–H groups in total. The average Bonchev–Trinajstić information content (AvgIpc) is 3.07. The number of nitrogens with zero attached hydrogens (tertiary/aromatic N) is 3. The molecule has 1 fully saturated rings. The van der Waals surface area contributed by atoms with Gasteiger partial charge in [0.05, 0.1) is 23.1 Å². The predicted molar refractivity (Wildman–Crippen MR) is 100 cm³/mol. The van der Waals surface area contributed by atoms with Crippen LogP contribution in [0, 0.1) is 12.8 Å². The van der Waals surface area contributed by atoms with Crippen LogP contribution in [0.4, 0.5) is 0 Å². The normalized spacial score (nSPS) is 15.8. The van der Waals surface area contributed by atoms with Gasteiger partial charge in [-0.25, -0.2) is 4.68 Å². The molecule has 1 aliphatic rings. The highest BCUT2D eigenvalue weighted by molar-refractivity contribution is 5.95. The van der Waals surface area contributed by atoms with E-state index in [9.17, 15) is 4.79 Å². The first-order valence-corrected chi connectivity index (χ1v) is 9.15. The zero-order valence-electron chi connectivity index (χ0n) is 15.4. The topological polar surface area (TPSA) is 64.2 Å². The molecule has 1 aliphatic heterocycles. The molecule has 134 valence electrons. The summed E-state index contributed by atoms with van der Waals surface area (Å²) in [5.74, 6) is 0.853. The lowest BCUT2D eigenvalue weighted by Gasteiger charge is -2.31. The first-order valence-electron chi connectivity index (χ1n) is 9.15. The quantitative estimate of drug-likeness (QED) is 0.930. The van der Waals surface area contributed by atoms with Crippen LogP contribution in [0.3, 0.4) is 0 Å². The summed E-state index contributed by atoms with van der Waals surface area (Å²) in [5.41, 5.74) is 9.67. The molecule has 5 nitrogen and oxygen atoms in total. The number of nitrogens with two attached hydrogens (primary N) is 1. The van der Waals surface area contributed by atoms with E-state index in [4.69, 9.17) is 5.73 Å². The minimum atomic E-state index is 0.0949. The molecular weight excluding hydrogens is 312 g/mol. The minimum Gasteiger partial charge on any atom is -0.339 e. The molecule has 2 heterocycles. The van der Waals surface area contributed by atoms with Crippen LogP contribution >= 0.6 is 0 Å². The van der Waals surface area contributed by atoms with Gasteiger partial charge in [0.15, 0.2) is 0 Å². The van der Waals surface area contributed by atoms with Gasteiger partial charge >= 0.3 is 0 Å². The Hall–Kier alpha value is -2.14. The molecule has 0 radical (unpaired) electrons. The second-order valence-corrected chi connectivity index (χ2v) is 7.32. The Labute approximate surface area is 149 Å². The van der Waals surface area contributed by atoms with Crippen LogP contribution in [-0.4, -0.2) is 40.2 Å². The van der Waals surface area contributed by atoms with Crippen LogP contribution in [0.25, 0.3) is 5.69 Å². The van der Waals surface area contributed by atoms with Crippen molar-refractivity contribution in [2.45, 2.75) is 39.5 Å². The van der Waals surface area contributed by atoms with Crippen LogP contribution in [0.2, 0.25) is 0 Å². The number of amides is 1. The first-order chi connectivity index (χ1) is 12.0. The third kappa shape index (κ3) is 3.61. The van der Waals surface area contributed by atoms with Gasteiger partial charge in [0.1, 0.15) is 0 Å². The Balaban J connectivity index is 1.89. The summed E-state index contributed by atoms with van der Waals surface area (Å²) in [6.45, 7) is 8.57. The number of hydrogen-bond donors (Lipinski definition) is 1. The number of likely N-dealkylation sites (tertiary alicyclic amines) is 1. The Kier molecular flexibility index (Phi) is 5.23. The summed E-state index contributed by atoms with van der Waals surface area (Å²) < 4.78 is 1.91. The van der Waals surface area contributed by atoms with Gasteiger partial charge < -0.3 is 10.6 Å². The predicted octanol–water partition coefficient (Wildman–Crippen LogP) is 3.12. The lowest BCUT2D eigenvalue weighted by Crippen LogP contribution is -2.40. The fourth-order valence-corrected chi connectivity index (χ4v) is 3.51. The third-order valence-corrected chi connectivity index (χ3v) is 5.10. The Bertz CT molecular complexity index is 725. The van der Waals surface area contributed by atoms with Gasteiger partial charge in [-0.2, -0.15) is 5.10 Å². The Morgan fingerprint density at radius 2 is 1.88 bits per heavy atom.